The van der Waals surface area contributed by atoms with Gasteiger partial charge in [-0.05, 0) is 37.0 Å². The van der Waals surface area contributed by atoms with Gasteiger partial charge in [0.2, 0.25) is 5.91 Å². The molecule has 1 saturated heterocycles. The van der Waals surface area contributed by atoms with Crippen LogP contribution in [0.5, 0.6) is 0 Å². The summed E-state index contributed by atoms with van der Waals surface area (Å²) in [4.78, 5) is 14.5. The van der Waals surface area contributed by atoms with Gasteiger partial charge in [-0.25, -0.2) is 4.39 Å². The highest BCUT2D eigenvalue weighted by Gasteiger charge is 2.47. The van der Waals surface area contributed by atoms with Crippen molar-refractivity contribution in [2.24, 2.45) is 0 Å². The Labute approximate surface area is 112 Å². The van der Waals surface area contributed by atoms with Crippen molar-refractivity contribution >= 4 is 5.91 Å². The summed E-state index contributed by atoms with van der Waals surface area (Å²) in [6.07, 6.45) is 3.53. The van der Waals surface area contributed by atoms with Crippen molar-refractivity contribution in [3.63, 3.8) is 0 Å². The first-order valence-electron chi connectivity index (χ1n) is 6.85. The fourth-order valence-corrected chi connectivity index (χ4v) is 3.00. The van der Waals surface area contributed by atoms with Gasteiger partial charge in [-0.2, -0.15) is 0 Å². The second kappa shape index (κ2) is 4.93. The zero-order chi connectivity index (χ0) is 13.3. The number of rotatable bonds is 2. The molecule has 0 spiro atoms. The van der Waals surface area contributed by atoms with Gasteiger partial charge in [0.25, 0.3) is 0 Å². The van der Waals surface area contributed by atoms with Gasteiger partial charge in [-0.3, -0.25) is 4.79 Å². The van der Waals surface area contributed by atoms with E-state index >= 15 is 0 Å². The predicted octanol–water partition coefficient (Wildman–Crippen LogP) is 2.45. The number of carbonyl (C=O) groups is 1. The number of nitrogens with zero attached hydrogens (tertiary/aromatic N) is 1. The molecular weight excluding hydrogens is 245 g/mol. The molecule has 1 aromatic carbocycles. The molecule has 0 aromatic heterocycles. The maximum Gasteiger partial charge on any atom is 0.235 e. The Morgan fingerprint density at radius 1 is 1.32 bits per heavy atom. The first kappa shape index (κ1) is 12.6. The molecule has 0 atom stereocenters. The molecule has 3 rings (SSSR count). The molecule has 102 valence electrons. The van der Waals surface area contributed by atoms with Crippen LogP contribution in [0.3, 0.4) is 0 Å². The molecule has 19 heavy (non-hydrogen) atoms. The Morgan fingerprint density at radius 2 is 2.16 bits per heavy atom. The normalized spacial score (nSPS) is 21.8. The molecule has 2 aliphatic rings. The summed E-state index contributed by atoms with van der Waals surface area (Å²) in [5, 5.41) is 0. The van der Waals surface area contributed by atoms with Gasteiger partial charge in [0, 0.05) is 6.54 Å². The Hall–Kier alpha value is -1.42. The fraction of sp³-hybridized carbons (Fsp3) is 0.533. The molecule has 0 radical (unpaired) electrons. The summed E-state index contributed by atoms with van der Waals surface area (Å²) in [5.41, 5.74) is 0.303. The minimum atomic E-state index is -0.511. The minimum Gasteiger partial charge on any atom is -0.361 e. The van der Waals surface area contributed by atoms with Crippen LogP contribution in [0.4, 0.5) is 4.39 Å². The monoisotopic (exact) mass is 263 g/mol. The first-order chi connectivity index (χ1) is 9.22. The summed E-state index contributed by atoms with van der Waals surface area (Å²) < 4.78 is 18.8. The standard InChI is InChI=1S/C15H18FNO2/c16-13-5-1-4-12(10-13)15(6-2-7-15)14(18)17-8-3-9-19-11-17/h1,4-5,10H,2-3,6-9,11H2. The van der Waals surface area contributed by atoms with Crippen LogP contribution < -0.4 is 0 Å². The molecule has 1 aliphatic heterocycles. The molecule has 0 bridgehead atoms. The quantitative estimate of drug-likeness (QED) is 0.820. The third kappa shape index (κ3) is 2.14. The summed E-state index contributed by atoms with van der Waals surface area (Å²) in [5.74, 6) is -0.171. The van der Waals surface area contributed by atoms with E-state index in [0.717, 1.165) is 44.4 Å². The highest BCUT2D eigenvalue weighted by Crippen LogP contribution is 2.45. The van der Waals surface area contributed by atoms with E-state index in [2.05, 4.69) is 0 Å². The lowest BCUT2D eigenvalue weighted by Gasteiger charge is -2.44. The lowest BCUT2D eigenvalue weighted by Crippen LogP contribution is -2.53. The summed E-state index contributed by atoms with van der Waals surface area (Å²) in [7, 11) is 0. The van der Waals surface area contributed by atoms with Crippen molar-refractivity contribution < 1.29 is 13.9 Å². The number of ether oxygens (including phenoxy) is 1. The zero-order valence-electron chi connectivity index (χ0n) is 10.9. The highest BCUT2D eigenvalue weighted by molar-refractivity contribution is 5.89. The molecule has 3 nitrogen and oxygen atoms in total. The number of hydrogen-bond acceptors (Lipinski definition) is 2. The van der Waals surface area contributed by atoms with E-state index < -0.39 is 5.41 Å². The third-order valence-corrected chi connectivity index (χ3v) is 4.24. The number of hydrogen-bond donors (Lipinski definition) is 0. The Bertz CT molecular complexity index is 479. The first-order valence-corrected chi connectivity index (χ1v) is 6.85. The van der Waals surface area contributed by atoms with Gasteiger partial charge in [0.1, 0.15) is 12.5 Å². The lowest BCUT2D eigenvalue weighted by atomic mass is 9.63. The van der Waals surface area contributed by atoms with Gasteiger partial charge < -0.3 is 9.64 Å². The van der Waals surface area contributed by atoms with Crippen LogP contribution in [-0.4, -0.2) is 30.7 Å². The van der Waals surface area contributed by atoms with Crippen LogP contribution in [0.25, 0.3) is 0 Å². The van der Waals surface area contributed by atoms with Crippen molar-refractivity contribution in [1.29, 1.82) is 0 Å². The molecule has 0 N–H and O–H groups in total. The molecular formula is C15H18FNO2. The predicted molar refractivity (Wildman–Crippen MR) is 69.1 cm³/mol. The van der Waals surface area contributed by atoms with Gasteiger partial charge in [-0.1, -0.05) is 18.6 Å². The molecule has 1 aliphatic carbocycles. The molecule has 1 amide bonds. The Balaban J connectivity index is 1.88. The van der Waals surface area contributed by atoms with Crippen LogP contribution >= 0.6 is 0 Å². The number of carbonyl (C=O) groups excluding carboxylic acids is 1. The number of amides is 1. The molecule has 1 saturated carbocycles. The van der Waals surface area contributed by atoms with Gasteiger partial charge in [0.05, 0.1) is 12.0 Å². The Morgan fingerprint density at radius 3 is 2.74 bits per heavy atom. The van der Waals surface area contributed by atoms with Gasteiger partial charge in [-0.15, -0.1) is 0 Å². The topological polar surface area (TPSA) is 29.5 Å². The van der Waals surface area contributed by atoms with Crippen molar-refractivity contribution in [2.45, 2.75) is 31.1 Å². The zero-order valence-corrected chi connectivity index (χ0v) is 10.9. The van der Waals surface area contributed by atoms with Crippen molar-refractivity contribution in [3.05, 3.63) is 35.6 Å². The van der Waals surface area contributed by atoms with E-state index in [9.17, 15) is 9.18 Å². The molecule has 1 aromatic rings. The number of halogens is 1. The average molecular weight is 263 g/mol. The summed E-state index contributed by atoms with van der Waals surface area (Å²) >= 11 is 0. The SMILES string of the molecule is O=C(N1CCCOC1)C1(c2cccc(F)c2)CCC1. The second-order valence-electron chi connectivity index (χ2n) is 5.41. The summed E-state index contributed by atoms with van der Waals surface area (Å²) in [6.45, 7) is 1.84. The van der Waals surface area contributed by atoms with Crippen LogP contribution in [-0.2, 0) is 14.9 Å². The smallest absolute Gasteiger partial charge is 0.235 e. The van der Waals surface area contributed by atoms with E-state index in [1.807, 2.05) is 6.07 Å². The minimum absolute atomic E-state index is 0.101. The largest absolute Gasteiger partial charge is 0.361 e. The lowest BCUT2D eigenvalue weighted by molar-refractivity contribution is -0.150. The number of benzene rings is 1. The van der Waals surface area contributed by atoms with E-state index in [0.29, 0.717) is 6.73 Å². The third-order valence-electron chi connectivity index (χ3n) is 4.24. The van der Waals surface area contributed by atoms with Crippen molar-refractivity contribution in [1.82, 2.24) is 4.90 Å². The van der Waals surface area contributed by atoms with Crippen molar-refractivity contribution in [2.75, 3.05) is 19.9 Å². The van der Waals surface area contributed by atoms with E-state index in [4.69, 9.17) is 4.74 Å². The van der Waals surface area contributed by atoms with E-state index in [-0.39, 0.29) is 11.7 Å². The molecule has 0 unspecified atom stereocenters. The van der Waals surface area contributed by atoms with Crippen molar-refractivity contribution in [3.8, 4) is 0 Å². The van der Waals surface area contributed by atoms with Gasteiger partial charge >= 0.3 is 0 Å². The van der Waals surface area contributed by atoms with E-state index in [1.54, 1.807) is 11.0 Å². The van der Waals surface area contributed by atoms with Crippen LogP contribution in [0, 0.1) is 5.82 Å². The van der Waals surface area contributed by atoms with Gasteiger partial charge in [0.15, 0.2) is 0 Å². The molecule has 1 heterocycles. The van der Waals surface area contributed by atoms with E-state index in [1.165, 1.54) is 12.1 Å². The average Bonchev–Trinajstić information content (AvgIpc) is 2.38. The van der Waals surface area contributed by atoms with Crippen LogP contribution in [0.15, 0.2) is 24.3 Å². The highest BCUT2D eigenvalue weighted by atomic mass is 19.1. The maximum absolute atomic E-state index is 13.4. The maximum atomic E-state index is 13.4. The van der Waals surface area contributed by atoms with Crippen LogP contribution in [0.2, 0.25) is 0 Å². The molecule has 2 fully saturated rings. The fourth-order valence-electron chi connectivity index (χ4n) is 3.00. The Kier molecular flexibility index (Phi) is 3.27. The van der Waals surface area contributed by atoms with Crippen LogP contribution in [0.1, 0.15) is 31.2 Å². The second-order valence-corrected chi connectivity index (χ2v) is 5.41. The summed E-state index contributed by atoms with van der Waals surface area (Å²) in [6, 6.07) is 6.47. The molecule has 4 heteroatoms.